The van der Waals surface area contributed by atoms with Gasteiger partial charge in [-0.3, -0.25) is 0 Å². The molecule has 3 nitrogen and oxygen atoms in total. The summed E-state index contributed by atoms with van der Waals surface area (Å²) in [6.07, 6.45) is 0.722. The Bertz CT molecular complexity index is 32.6. The number of hydrogen-bond donors (Lipinski definition) is 3. The van der Waals surface area contributed by atoms with Crippen molar-refractivity contribution in [3.05, 3.63) is 0 Å². The fourth-order valence-electron chi connectivity index (χ4n) is 0.341. The number of hydrogen-bond acceptors (Lipinski definition) is 3. The van der Waals surface area contributed by atoms with Gasteiger partial charge in [-0.25, -0.2) is 0 Å². The summed E-state index contributed by atoms with van der Waals surface area (Å²) in [6.45, 7) is 7.20. The third-order valence-electron chi connectivity index (χ3n) is 0.862. The largest absolute Gasteiger partial charge is 0.396 e. The zero-order valence-corrected chi connectivity index (χ0v) is 7.06. The van der Waals surface area contributed by atoms with Crippen LogP contribution in [0.25, 0.3) is 0 Å². The highest BCUT2D eigenvalue weighted by Crippen LogP contribution is 1.62. The molecule has 0 aromatic rings. The molecule has 0 radical (unpaired) electrons. The maximum Gasteiger partial charge on any atom is 0.0443 e. The number of aliphatic hydroxyl groups excluding tert-OH is 1. The lowest BCUT2D eigenvalue weighted by Crippen LogP contribution is -2.09. The van der Waals surface area contributed by atoms with E-state index in [1.807, 2.05) is 0 Å². The van der Waals surface area contributed by atoms with E-state index in [2.05, 4.69) is 19.2 Å². The Hall–Kier alpha value is -0.120. The first-order chi connectivity index (χ1) is 4.83. The van der Waals surface area contributed by atoms with Crippen LogP contribution in [0.1, 0.15) is 20.3 Å². The van der Waals surface area contributed by atoms with E-state index in [1.54, 1.807) is 0 Å². The van der Waals surface area contributed by atoms with Crippen LogP contribution < -0.4 is 11.1 Å². The molecule has 0 saturated heterocycles. The molecule has 0 aliphatic rings. The summed E-state index contributed by atoms with van der Waals surface area (Å²) in [5.74, 6) is 0. The summed E-state index contributed by atoms with van der Waals surface area (Å²) in [7, 11) is 0. The fourth-order valence-corrected chi connectivity index (χ4v) is 0.341. The highest BCUT2D eigenvalue weighted by molar-refractivity contribution is 4.28. The van der Waals surface area contributed by atoms with Gasteiger partial charge in [-0.15, -0.1) is 0 Å². The molecule has 0 atom stereocenters. The van der Waals surface area contributed by atoms with Gasteiger partial charge < -0.3 is 16.2 Å². The zero-order valence-electron chi connectivity index (χ0n) is 7.06. The molecule has 0 saturated carbocycles. The van der Waals surface area contributed by atoms with Crippen LogP contribution in [0.5, 0.6) is 0 Å². The van der Waals surface area contributed by atoms with Crippen molar-refractivity contribution in [3.8, 4) is 0 Å². The Morgan fingerprint density at radius 3 is 1.80 bits per heavy atom. The Labute approximate surface area is 63.6 Å². The van der Waals surface area contributed by atoms with Crippen molar-refractivity contribution >= 4 is 0 Å². The molecule has 0 bridgehead atoms. The molecule has 64 valence electrons. The number of aliphatic hydroxyl groups is 1. The van der Waals surface area contributed by atoms with Gasteiger partial charge in [0.25, 0.3) is 0 Å². The molecule has 0 heterocycles. The van der Waals surface area contributed by atoms with Gasteiger partial charge >= 0.3 is 0 Å². The van der Waals surface area contributed by atoms with E-state index in [4.69, 9.17) is 10.8 Å². The lowest BCUT2D eigenvalue weighted by molar-refractivity contribution is 0.291. The van der Waals surface area contributed by atoms with E-state index in [-0.39, 0.29) is 6.61 Å². The van der Waals surface area contributed by atoms with Gasteiger partial charge in [0, 0.05) is 6.61 Å². The highest BCUT2D eigenvalue weighted by atomic mass is 16.2. The first kappa shape index (κ1) is 12.5. The summed E-state index contributed by atoms with van der Waals surface area (Å²) in [5, 5.41) is 11.1. The predicted molar refractivity (Wildman–Crippen MR) is 45.0 cm³/mol. The SMILES string of the molecule is CCNCC.NCCCO. The molecule has 3 heteroatoms. The van der Waals surface area contributed by atoms with E-state index in [0.717, 1.165) is 19.5 Å². The van der Waals surface area contributed by atoms with Gasteiger partial charge in [0.1, 0.15) is 0 Å². The molecule has 0 aliphatic heterocycles. The Kier molecular flexibility index (Phi) is 20.0. The lowest BCUT2D eigenvalue weighted by atomic mass is 10.5. The van der Waals surface area contributed by atoms with E-state index in [1.165, 1.54) is 0 Å². The fraction of sp³-hybridized carbons (Fsp3) is 1.00. The minimum Gasteiger partial charge on any atom is -0.396 e. The van der Waals surface area contributed by atoms with Crippen molar-refractivity contribution in [2.24, 2.45) is 5.73 Å². The van der Waals surface area contributed by atoms with Crippen LogP contribution in [-0.4, -0.2) is 31.3 Å². The molecule has 10 heavy (non-hydrogen) atoms. The second kappa shape index (κ2) is 15.9. The molecular weight excluding hydrogens is 128 g/mol. The molecule has 0 aliphatic carbocycles. The van der Waals surface area contributed by atoms with Gasteiger partial charge in [0.15, 0.2) is 0 Å². The topological polar surface area (TPSA) is 58.3 Å². The Morgan fingerprint density at radius 1 is 1.30 bits per heavy atom. The first-order valence-corrected chi connectivity index (χ1v) is 3.85. The van der Waals surface area contributed by atoms with Crippen LogP contribution in [0.4, 0.5) is 0 Å². The smallest absolute Gasteiger partial charge is 0.0443 e. The average Bonchev–Trinajstić information content (AvgIpc) is 1.93. The quantitative estimate of drug-likeness (QED) is 0.523. The standard InChI is InChI=1S/C4H11N.C3H9NO/c1-3-5-4-2;4-2-1-3-5/h5H,3-4H2,1-2H3;5H,1-4H2. The molecule has 4 N–H and O–H groups in total. The van der Waals surface area contributed by atoms with Crippen molar-refractivity contribution in [1.82, 2.24) is 5.32 Å². The van der Waals surface area contributed by atoms with Crippen LogP contribution in [-0.2, 0) is 0 Å². The van der Waals surface area contributed by atoms with Crippen LogP contribution in [0, 0.1) is 0 Å². The lowest BCUT2D eigenvalue weighted by Gasteiger charge is -1.86. The molecule has 0 aromatic heterocycles. The van der Waals surface area contributed by atoms with Crippen LogP contribution in [0.3, 0.4) is 0 Å². The van der Waals surface area contributed by atoms with Crippen molar-refractivity contribution in [3.63, 3.8) is 0 Å². The minimum atomic E-state index is 0.219. The van der Waals surface area contributed by atoms with Crippen molar-refractivity contribution in [2.45, 2.75) is 20.3 Å². The van der Waals surface area contributed by atoms with Crippen molar-refractivity contribution in [1.29, 1.82) is 0 Å². The number of rotatable bonds is 4. The molecule has 0 rings (SSSR count). The maximum absolute atomic E-state index is 7.99. The monoisotopic (exact) mass is 148 g/mol. The Balaban J connectivity index is 0. The molecule has 0 unspecified atom stereocenters. The molecule has 0 amide bonds. The van der Waals surface area contributed by atoms with Gasteiger partial charge in [0.05, 0.1) is 0 Å². The number of nitrogens with two attached hydrogens (primary N) is 1. The third-order valence-corrected chi connectivity index (χ3v) is 0.862. The van der Waals surface area contributed by atoms with E-state index in [0.29, 0.717) is 6.54 Å². The minimum absolute atomic E-state index is 0.219. The van der Waals surface area contributed by atoms with Crippen LogP contribution >= 0.6 is 0 Å². The van der Waals surface area contributed by atoms with Crippen LogP contribution in [0.15, 0.2) is 0 Å². The Morgan fingerprint density at radius 2 is 1.80 bits per heavy atom. The summed E-state index contributed by atoms with van der Waals surface area (Å²) in [6, 6.07) is 0. The third kappa shape index (κ3) is 24.8. The first-order valence-electron chi connectivity index (χ1n) is 3.85. The van der Waals surface area contributed by atoms with E-state index < -0.39 is 0 Å². The second-order valence-electron chi connectivity index (χ2n) is 1.82. The number of nitrogens with one attached hydrogen (secondary N) is 1. The van der Waals surface area contributed by atoms with Crippen LogP contribution in [0.2, 0.25) is 0 Å². The normalized spacial score (nSPS) is 8.40. The summed E-state index contributed by atoms with van der Waals surface area (Å²) < 4.78 is 0. The predicted octanol–water partition coefficient (Wildman–Crippen LogP) is -0.0567. The molecule has 0 spiro atoms. The molecular formula is C7H20N2O. The highest BCUT2D eigenvalue weighted by Gasteiger charge is 1.69. The van der Waals surface area contributed by atoms with Gasteiger partial charge in [-0.05, 0) is 26.1 Å². The second-order valence-corrected chi connectivity index (χ2v) is 1.82. The van der Waals surface area contributed by atoms with Gasteiger partial charge in [-0.1, -0.05) is 13.8 Å². The van der Waals surface area contributed by atoms with Crippen molar-refractivity contribution in [2.75, 3.05) is 26.2 Å². The maximum atomic E-state index is 7.99. The average molecular weight is 148 g/mol. The van der Waals surface area contributed by atoms with Crippen molar-refractivity contribution < 1.29 is 5.11 Å². The van der Waals surface area contributed by atoms with Gasteiger partial charge in [-0.2, -0.15) is 0 Å². The molecule has 0 aromatic carbocycles. The van der Waals surface area contributed by atoms with E-state index in [9.17, 15) is 0 Å². The summed E-state index contributed by atoms with van der Waals surface area (Å²) >= 11 is 0. The zero-order chi connectivity index (χ0) is 8.24. The summed E-state index contributed by atoms with van der Waals surface area (Å²) in [5.41, 5.74) is 4.98. The summed E-state index contributed by atoms with van der Waals surface area (Å²) in [4.78, 5) is 0. The molecule has 0 fully saturated rings. The van der Waals surface area contributed by atoms with Gasteiger partial charge in [0.2, 0.25) is 0 Å². The van der Waals surface area contributed by atoms with E-state index >= 15 is 0 Å².